The molecule has 2 aromatic rings. The fourth-order valence-corrected chi connectivity index (χ4v) is 2.66. The summed E-state index contributed by atoms with van der Waals surface area (Å²) < 4.78 is 6.92. The third kappa shape index (κ3) is 2.83. The van der Waals surface area contributed by atoms with Crippen LogP contribution in [0, 0.1) is 6.92 Å². The Morgan fingerprint density at radius 2 is 2.38 bits per heavy atom. The van der Waals surface area contributed by atoms with Gasteiger partial charge in [0, 0.05) is 25.4 Å². The molecular weight excluding hydrogens is 270 g/mol. The standard InChI is InChI=1S/C15H19N3O3/c1-11-3-2-4-18-14(20)7-12(16-15(11)18)8-17-5-6-21-10-13(17)9-19/h2-4,7,13,19H,5-6,8-10H2,1H3. The number of hydrogen-bond donors (Lipinski definition) is 1. The van der Waals surface area contributed by atoms with Gasteiger partial charge in [-0.2, -0.15) is 0 Å². The molecule has 3 heterocycles. The molecule has 6 heteroatoms. The van der Waals surface area contributed by atoms with Crippen LogP contribution in [0.5, 0.6) is 0 Å². The minimum absolute atomic E-state index is 0.0316. The van der Waals surface area contributed by atoms with Gasteiger partial charge in [0.15, 0.2) is 0 Å². The third-order valence-electron chi connectivity index (χ3n) is 3.86. The predicted octanol–water partition coefficient (Wildman–Crippen LogP) is 0.196. The van der Waals surface area contributed by atoms with Crippen LogP contribution in [-0.4, -0.2) is 51.8 Å². The van der Waals surface area contributed by atoms with E-state index in [0.717, 1.165) is 17.8 Å². The average molecular weight is 289 g/mol. The van der Waals surface area contributed by atoms with E-state index in [4.69, 9.17) is 4.74 Å². The summed E-state index contributed by atoms with van der Waals surface area (Å²) in [6.45, 7) is 4.43. The molecule has 1 aliphatic heterocycles. The molecule has 1 aliphatic rings. The molecule has 2 aromatic heterocycles. The van der Waals surface area contributed by atoms with Gasteiger partial charge in [-0.1, -0.05) is 6.07 Å². The van der Waals surface area contributed by atoms with Crippen molar-refractivity contribution in [2.45, 2.75) is 19.5 Å². The highest BCUT2D eigenvalue weighted by Crippen LogP contribution is 2.12. The Labute approximate surface area is 122 Å². The van der Waals surface area contributed by atoms with Crippen molar-refractivity contribution < 1.29 is 9.84 Å². The summed E-state index contributed by atoms with van der Waals surface area (Å²) in [5.41, 5.74) is 2.31. The van der Waals surface area contributed by atoms with E-state index in [1.165, 1.54) is 0 Å². The molecule has 0 radical (unpaired) electrons. The van der Waals surface area contributed by atoms with Gasteiger partial charge in [-0.3, -0.25) is 14.1 Å². The first kappa shape index (κ1) is 14.2. The van der Waals surface area contributed by atoms with Crippen LogP contribution in [0.15, 0.2) is 29.2 Å². The molecule has 1 unspecified atom stereocenters. The lowest BCUT2D eigenvalue weighted by atomic mass is 10.2. The highest BCUT2D eigenvalue weighted by molar-refractivity contribution is 5.46. The van der Waals surface area contributed by atoms with Gasteiger partial charge in [0.25, 0.3) is 5.56 Å². The van der Waals surface area contributed by atoms with Gasteiger partial charge in [0.2, 0.25) is 0 Å². The predicted molar refractivity (Wildman–Crippen MR) is 78.3 cm³/mol. The highest BCUT2D eigenvalue weighted by Gasteiger charge is 2.23. The van der Waals surface area contributed by atoms with E-state index in [2.05, 4.69) is 9.88 Å². The first-order valence-corrected chi connectivity index (χ1v) is 7.09. The summed E-state index contributed by atoms with van der Waals surface area (Å²) in [5, 5.41) is 9.40. The Balaban J connectivity index is 1.94. The lowest BCUT2D eigenvalue weighted by Gasteiger charge is -2.34. The lowest BCUT2D eigenvalue weighted by molar-refractivity contribution is -0.0317. The van der Waals surface area contributed by atoms with Crippen LogP contribution < -0.4 is 5.56 Å². The fraction of sp³-hybridized carbons (Fsp3) is 0.467. The van der Waals surface area contributed by atoms with Crippen LogP contribution in [0.4, 0.5) is 0 Å². The largest absolute Gasteiger partial charge is 0.395 e. The molecule has 1 saturated heterocycles. The molecule has 0 aromatic carbocycles. The molecule has 21 heavy (non-hydrogen) atoms. The van der Waals surface area contributed by atoms with Gasteiger partial charge in [0.1, 0.15) is 5.65 Å². The topological polar surface area (TPSA) is 67.1 Å². The number of fused-ring (bicyclic) bond motifs is 1. The van der Waals surface area contributed by atoms with Crippen molar-refractivity contribution in [3.05, 3.63) is 46.0 Å². The summed E-state index contributed by atoms with van der Waals surface area (Å²) in [7, 11) is 0. The number of ether oxygens (including phenoxy) is 1. The second-order valence-corrected chi connectivity index (χ2v) is 5.35. The molecule has 112 valence electrons. The van der Waals surface area contributed by atoms with Crippen LogP contribution >= 0.6 is 0 Å². The normalized spacial score (nSPS) is 20.0. The molecular formula is C15H19N3O3. The SMILES string of the molecule is Cc1cccn2c(=O)cc(CN3CCOCC3CO)nc12. The second kappa shape index (κ2) is 5.93. The van der Waals surface area contributed by atoms with E-state index in [9.17, 15) is 9.90 Å². The lowest BCUT2D eigenvalue weighted by Crippen LogP contribution is -2.47. The van der Waals surface area contributed by atoms with E-state index in [1.807, 2.05) is 19.1 Å². The van der Waals surface area contributed by atoms with Gasteiger partial charge in [-0.15, -0.1) is 0 Å². The Morgan fingerprint density at radius 1 is 1.52 bits per heavy atom. The number of aryl methyl sites for hydroxylation is 1. The van der Waals surface area contributed by atoms with Crippen molar-refractivity contribution in [1.29, 1.82) is 0 Å². The summed E-state index contributed by atoms with van der Waals surface area (Å²) in [4.78, 5) is 18.9. The number of morpholine rings is 1. The van der Waals surface area contributed by atoms with Crippen molar-refractivity contribution in [2.75, 3.05) is 26.4 Å². The molecule has 1 fully saturated rings. The van der Waals surface area contributed by atoms with Gasteiger partial charge >= 0.3 is 0 Å². The number of nitrogens with zero attached hydrogens (tertiary/aromatic N) is 3. The van der Waals surface area contributed by atoms with Crippen molar-refractivity contribution in [2.24, 2.45) is 0 Å². The summed E-state index contributed by atoms with van der Waals surface area (Å²) >= 11 is 0. The van der Waals surface area contributed by atoms with Crippen LogP contribution in [0.2, 0.25) is 0 Å². The Morgan fingerprint density at radius 3 is 3.19 bits per heavy atom. The van der Waals surface area contributed by atoms with Crippen LogP contribution in [-0.2, 0) is 11.3 Å². The number of pyridine rings is 1. The maximum atomic E-state index is 12.2. The Kier molecular flexibility index (Phi) is 4.01. The zero-order valence-corrected chi connectivity index (χ0v) is 12.0. The van der Waals surface area contributed by atoms with E-state index in [-0.39, 0.29) is 18.2 Å². The van der Waals surface area contributed by atoms with E-state index in [0.29, 0.717) is 25.4 Å². The first-order valence-electron chi connectivity index (χ1n) is 7.09. The van der Waals surface area contributed by atoms with Crippen molar-refractivity contribution in [3.8, 4) is 0 Å². The smallest absolute Gasteiger partial charge is 0.258 e. The maximum Gasteiger partial charge on any atom is 0.258 e. The monoisotopic (exact) mass is 289 g/mol. The minimum Gasteiger partial charge on any atom is -0.395 e. The molecule has 1 N–H and O–H groups in total. The van der Waals surface area contributed by atoms with Gasteiger partial charge in [0.05, 0.1) is 31.6 Å². The molecule has 3 rings (SSSR count). The zero-order valence-electron chi connectivity index (χ0n) is 12.0. The van der Waals surface area contributed by atoms with Crippen LogP contribution in [0.3, 0.4) is 0 Å². The quantitative estimate of drug-likeness (QED) is 0.874. The van der Waals surface area contributed by atoms with Gasteiger partial charge in [-0.25, -0.2) is 4.98 Å². The number of aliphatic hydroxyl groups excluding tert-OH is 1. The van der Waals surface area contributed by atoms with Gasteiger partial charge in [-0.05, 0) is 18.6 Å². The first-order chi connectivity index (χ1) is 10.2. The maximum absolute atomic E-state index is 12.2. The van der Waals surface area contributed by atoms with E-state index < -0.39 is 0 Å². The fourth-order valence-electron chi connectivity index (χ4n) is 2.66. The summed E-state index contributed by atoms with van der Waals surface area (Å²) in [5.74, 6) is 0. The number of rotatable bonds is 3. The molecule has 0 saturated carbocycles. The summed E-state index contributed by atoms with van der Waals surface area (Å²) in [6.07, 6.45) is 1.73. The second-order valence-electron chi connectivity index (χ2n) is 5.35. The third-order valence-corrected chi connectivity index (χ3v) is 3.86. The van der Waals surface area contributed by atoms with E-state index in [1.54, 1.807) is 16.7 Å². The zero-order chi connectivity index (χ0) is 14.8. The molecule has 0 bridgehead atoms. The average Bonchev–Trinajstić information content (AvgIpc) is 2.49. The Bertz CT molecular complexity index is 698. The van der Waals surface area contributed by atoms with Crippen molar-refractivity contribution in [1.82, 2.24) is 14.3 Å². The molecule has 6 nitrogen and oxygen atoms in total. The van der Waals surface area contributed by atoms with Gasteiger partial charge < -0.3 is 9.84 Å². The summed E-state index contributed by atoms with van der Waals surface area (Å²) in [6, 6.07) is 5.32. The molecule has 0 spiro atoms. The molecule has 0 aliphatic carbocycles. The number of aromatic nitrogens is 2. The Hall–Kier alpha value is -1.76. The number of hydrogen-bond acceptors (Lipinski definition) is 5. The van der Waals surface area contributed by atoms with Crippen LogP contribution in [0.1, 0.15) is 11.3 Å². The minimum atomic E-state index is -0.0764. The molecule has 1 atom stereocenters. The number of aliphatic hydroxyl groups is 1. The van der Waals surface area contributed by atoms with Crippen LogP contribution in [0.25, 0.3) is 5.65 Å². The van der Waals surface area contributed by atoms with E-state index >= 15 is 0 Å². The molecule has 0 amide bonds. The van der Waals surface area contributed by atoms with Crippen molar-refractivity contribution in [3.63, 3.8) is 0 Å². The highest BCUT2D eigenvalue weighted by atomic mass is 16.5. The van der Waals surface area contributed by atoms with Crippen molar-refractivity contribution >= 4 is 5.65 Å².